The SMILES string of the molecule is Cn1cc(CN2CCN(c3ncnc4sc(CC(F)(F)F)cc34)CC2)cn1. The number of fused-ring (bicyclic) bond motifs is 1. The molecule has 3 aromatic heterocycles. The van der Waals surface area contributed by atoms with Gasteiger partial charge in [-0.2, -0.15) is 18.3 Å². The van der Waals surface area contributed by atoms with Crippen LogP contribution in [-0.4, -0.2) is 57.0 Å². The Balaban J connectivity index is 1.47. The number of anilines is 1. The minimum Gasteiger partial charge on any atom is -0.353 e. The van der Waals surface area contributed by atoms with E-state index in [9.17, 15) is 13.2 Å². The normalized spacial score (nSPS) is 16.4. The molecule has 1 aliphatic heterocycles. The van der Waals surface area contributed by atoms with Crippen LogP contribution in [0.2, 0.25) is 0 Å². The summed E-state index contributed by atoms with van der Waals surface area (Å²) in [5.74, 6) is 0.728. The Bertz CT molecular complexity index is 926. The Morgan fingerprint density at radius 1 is 1.15 bits per heavy atom. The van der Waals surface area contributed by atoms with E-state index in [1.165, 1.54) is 11.9 Å². The molecule has 1 aliphatic rings. The summed E-state index contributed by atoms with van der Waals surface area (Å²) in [4.78, 5) is 13.9. The molecule has 0 atom stereocenters. The van der Waals surface area contributed by atoms with Crippen molar-refractivity contribution in [1.82, 2.24) is 24.6 Å². The van der Waals surface area contributed by atoms with Crippen molar-refractivity contribution in [2.45, 2.75) is 19.1 Å². The van der Waals surface area contributed by atoms with E-state index in [-0.39, 0.29) is 4.88 Å². The lowest BCUT2D eigenvalue weighted by molar-refractivity contribution is -0.126. The first kappa shape index (κ1) is 18.2. The molecular formula is C17H19F3N6S. The van der Waals surface area contributed by atoms with Gasteiger partial charge in [-0.3, -0.25) is 9.58 Å². The Kier molecular flexibility index (Phi) is 4.77. The maximum absolute atomic E-state index is 12.7. The quantitative estimate of drug-likeness (QED) is 0.679. The Morgan fingerprint density at radius 2 is 1.93 bits per heavy atom. The molecule has 10 heteroatoms. The fourth-order valence-corrected chi connectivity index (χ4v) is 4.38. The van der Waals surface area contributed by atoms with Gasteiger partial charge in [-0.05, 0) is 6.07 Å². The molecule has 0 N–H and O–H groups in total. The summed E-state index contributed by atoms with van der Waals surface area (Å²) in [6, 6.07) is 1.59. The van der Waals surface area contributed by atoms with Crippen molar-refractivity contribution in [1.29, 1.82) is 0 Å². The van der Waals surface area contributed by atoms with Gasteiger partial charge < -0.3 is 4.90 Å². The smallest absolute Gasteiger partial charge is 0.353 e. The van der Waals surface area contributed by atoms with Crippen LogP contribution in [0.1, 0.15) is 10.4 Å². The standard InChI is InChI=1S/C17H19F3N6S/c1-24-9-12(8-23-24)10-25-2-4-26(5-3-25)15-14-6-13(7-17(18,19)20)27-16(14)22-11-21-15/h6,8-9,11H,2-5,7,10H2,1H3. The summed E-state index contributed by atoms with van der Waals surface area (Å²) in [6.45, 7) is 4.11. The molecule has 27 heavy (non-hydrogen) atoms. The highest BCUT2D eigenvalue weighted by Gasteiger charge is 2.29. The number of nitrogens with zero attached hydrogens (tertiary/aromatic N) is 6. The van der Waals surface area contributed by atoms with Gasteiger partial charge in [0.15, 0.2) is 0 Å². The minimum absolute atomic E-state index is 0.273. The molecule has 0 bridgehead atoms. The Hall–Kier alpha value is -2.20. The minimum atomic E-state index is -4.22. The van der Waals surface area contributed by atoms with Gasteiger partial charge in [0.05, 0.1) is 18.0 Å². The average molecular weight is 396 g/mol. The van der Waals surface area contributed by atoms with E-state index < -0.39 is 12.6 Å². The molecule has 0 spiro atoms. The molecule has 0 amide bonds. The molecule has 0 aromatic carbocycles. The van der Waals surface area contributed by atoms with Crippen molar-refractivity contribution in [3.05, 3.63) is 35.2 Å². The molecular weight excluding hydrogens is 377 g/mol. The van der Waals surface area contributed by atoms with Crippen LogP contribution in [0.3, 0.4) is 0 Å². The van der Waals surface area contributed by atoms with Crippen LogP contribution >= 0.6 is 11.3 Å². The van der Waals surface area contributed by atoms with Crippen LogP contribution < -0.4 is 4.90 Å². The average Bonchev–Trinajstić information content (AvgIpc) is 3.19. The number of hydrogen-bond donors (Lipinski definition) is 0. The first-order valence-corrected chi connectivity index (χ1v) is 9.44. The third kappa shape index (κ3) is 4.22. The van der Waals surface area contributed by atoms with E-state index in [2.05, 4.69) is 24.9 Å². The van der Waals surface area contributed by atoms with Gasteiger partial charge in [-0.15, -0.1) is 11.3 Å². The van der Waals surface area contributed by atoms with Gasteiger partial charge in [0, 0.05) is 56.4 Å². The van der Waals surface area contributed by atoms with Crippen molar-refractivity contribution in [2.24, 2.45) is 7.05 Å². The Labute approximate surface area is 158 Å². The lowest BCUT2D eigenvalue weighted by atomic mass is 10.2. The lowest BCUT2D eigenvalue weighted by Gasteiger charge is -2.35. The van der Waals surface area contributed by atoms with E-state index in [4.69, 9.17) is 0 Å². The highest BCUT2D eigenvalue weighted by atomic mass is 32.1. The van der Waals surface area contributed by atoms with Crippen LogP contribution in [0.5, 0.6) is 0 Å². The molecule has 1 fully saturated rings. The van der Waals surface area contributed by atoms with Crippen LogP contribution in [0.4, 0.5) is 19.0 Å². The second kappa shape index (κ2) is 7.08. The van der Waals surface area contributed by atoms with Crippen molar-refractivity contribution in [3.8, 4) is 0 Å². The Morgan fingerprint density at radius 3 is 2.59 bits per heavy atom. The predicted molar refractivity (Wildman–Crippen MR) is 97.9 cm³/mol. The lowest BCUT2D eigenvalue weighted by Crippen LogP contribution is -2.46. The summed E-state index contributed by atoms with van der Waals surface area (Å²) < 4.78 is 39.9. The van der Waals surface area contributed by atoms with E-state index in [0.29, 0.717) is 10.2 Å². The summed E-state index contributed by atoms with van der Waals surface area (Å²) in [7, 11) is 1.90. The maximum atomic E-state index is 12.7. The number of alkyl halides is 3. The number of piperazine rings is 1. The summed E-state index contributed by atoms with van der Waals surface area (Å²) in [6.07, 6.45) is 0.175. The van der Waals surface area contributed by atoms with Crippen molar-refractivity contribution in [3.63, 3.8) is 0 Å². The second-order valence-corrected chi connectivity index (χ2v) is 7.82. The third-order valence-corrected chi connectivity index (χ3v) is 5.61. The van der Waals surface area contributed by atoms with Crippen LogP contribution in [0.25, 0.3) is 10.2 Å². The molecule has 4 heterocycles. The van der Waals surface area contributed by atoms with Crippen molar-refractivity contribution >= 4 is 27.4 Å². The molecule has 4 rings (SSSR count). The zero-order valence-electron chi connectivity index (χ0n) is 14.8. The number of hydrogen-bond acceptors (Lipinski definition) is 6. The van der Waals surface area contributed by atoms with Crippen LogP contribution in [-0.2, 0) is 20.0 Å². The molecule has 0 radical (unpaired) electrons. The maximum Gasteiger partial charge on any atom is 0.393 e. The number of halogens is 3. The van der Waals surface area contributed by atoms with Crippen LogP contribution in [0, 0.1) is 0 Å². The van der Waals surface area contributed by atoms with Gasteiger partial charge in [0.2, 0.25) is 0 Å². The van der Waals surface area contributed by atoms with E-state index in [0.717, 1.165) is 49.9 Å². The molecule has 144 valence electrons. The summed E-state index contributed by atoms with van der Waals surface area (Å²) in [5, 5.41) is 4.90. The molecule has 6 nitrogen and oxygen atoms in total. The number of rotatable bonds is 4. The summed E-state index contributed by atoms with van der Waals surface area (Å²) >= 11 is 1.09. The van der Waals surface area contributed by atoms with E-state index in [1.54, 1.807) is 10.7 Å². The van der Waals surface area contributed by atoms with E-state index in [1.807, 2.05) is 19.4 Å². The van der Waals surface area contributed by atoms with Crippen molar-refractivity contribution < 1.29 is 13.2 Å². The van der Waals surface area contributed by atoms with Gasteiger partial charge >= 0.3 is 6.18 Å². The largest absolute Gasteiger partial charge is 0.393 e. The van der Waals surface area contributed by atoms with Gasteiger partial charge in [0.25, 0.3) is 0 Å². The fraction of sp³-hybridized carbons (Fsp3) is 0.471. The molecule has 0 aliphatic carbocycles. The number of thiophene rings is 1. The van der Waals surface area contributed by atoms with Crippen molar-refractivity contribution in [2.75, 3.05) is 31.1 Å². The first-order valence-electron chi connectivity index (χ1n) is 8.62. The first-order chi connectivity index (χ1) is 12.9. The topological polar surface area (TPSA) is 50.1 Å². The zero-order chi connectivity index (χ0) is 19.0. The monoisotopic (exact) mass is 396 g/mol. The number of aryl methyl sites for hydroxylation is 1. The predicted octanol–water partition coefficient (Wildman–Crippen LogP) is 2.85. The molecule has 0 saturated carbocycles. The number of aromatic nitrogens is 4. The van der Waals surface area contributed by atoms with Crippen LogP contribution in [0.15, 0.2) is 24.8 Å². The second-order valence-electron chi connectivity index (χ2n) is 6.71. The third-order valence-electron chi connectivity index (χ3n) is 4.57. The molecule has 3 aromatic rings. The fourth-order valence-electron chi connectivity index (χ4n) is 3.36. The van der Waals surface area contributed by atoms with Gasteiger partial charge in [0.1, 0.15) is 17.0 Å². The highest BCUT2D eigenvalue weighted by Crippen LogP contribution is 2.34. The highest BCUT2D eigenvalue weighted by molar-refractivity contribution is 7.18. The van der Waals surface area contributed by atoms with Gasteiger partial charge in [-0.1, -0.05) is 0 Å². The molecule has 0 unspecified atom stereocenters. The molecule has 1 saturated heterocycles. The van der Waals surface area contributed by atoms with E-state index >= 15 is 0 Å². The van der Waals surface area contributed by atoms with Gasteiger partial charge in [-0.25, -0.2) is 9.97 Å². The zero-order valence-corrected chi connectivity index (χ0v) is 15.6. The summed E-state index contributed by atoms with van der Waals surface area (Å²) in [5.41, 5.74) is 1.17.